The summed E-state index contributed by atoms with van der Waals surface area (Å²) in [7, 11) is 0. The Morgan fingerprint density at radius 1 is 1.33 bits per heavy atom. The zero-order valence-electron chi connectivity index (χ0n) is 11.7. The van der Waals surface area contributed by atoms with Gasteiger partial charge in [-0.2, -0.15) is 0 Å². The van der Waals surface area contributed by atoms with E-state index in [-0.39, 0.29) is 11.9 Å². The van der Waals surface area contributed by atoms with Crippen molar-refractivity contribution >= 4 is 17.2 Å². The predicted octanol–water partition coefficient (Wildman–Crippen LogP) is 3.38. The van der Waals surface area contributed by atoms with Crippen LogP contribution in [0.4, 0.5) is 0 Å². The van der Waals surface area contributed by atoms with Crippen LogP contribution in [-0.2, 0) is 0 Å². The fourth-order valence-corrected chi connectivity index (χ4v) is 3.71. The quantitative estimate of drug-likeness (QED) is 0.872. The number of hydrogen-bond donors (Lipinski definition) is 0. The number of thiazole rings is 1. The SMILES string of the molecule is O=C(c1cc(C2CC2)on1)N1CCCC[C@H]1c1nccs1. The molecule has 6 heteroatoms. The van der Waals surface area contributed by atoms with Gasteiger partial charge in [-0.3, -0.25) is 4.79 Å². The first-order chi connectivity index (χ1) is 10.3. The lowest BCUT2D eigenvalue weighted by Crippen LogP contribution is -2.38. The third-order valence-corrected chi connectivity index (χ3v) is 5.10. The molecule has 1 saturated carbocycles. The van der Waals surface area contributed by atoms with Crippen molar-refractivity contribution in [2.24, 2.45) is 0 Å². The number of nitrogens with zero attached hydrogens (tertiary/aromatic N) is 3. The zero-order valence-corrected chi connectivity index (χ0v) is 12.5. The van der Waals surface area contributed by atoms with Gasteiger partial charge in [0.1, 0.15) is 10.8 Å². The first kappa shape index (κ1) is 13.0. The van der Waals surface area contributed by atoms with Crippen LogP contribution in [0.15, 0.2) is 22.2 Å². The summed E-state index contributed by atoms with van der Waals surface area (Å²) >= 11 is 1.62. The number of aromatic nitrogens is 2. The molecule has 2 fully saturated rings. The standard InChI is InChI=1S/C15H17N3O2S/c19-15(11-9-13(20-17-11)10-4-5-10)18-7-2-1-3-12(18)14-16-6-8-21-14/h6,8-10,12H,1-5,7H2/t12-/m0/s1. The smallest absolute Gasteiger partial charge is 0.276 e. The van der Waals surface area contributed by atoms with E-state index in [0.717, 1.165) is 49.4 Å². The lowest BCUT2D eigenvalue weighted by atomic mass is 10.0. The number of amides is 1. The van der Waals surface area contributed by atoms with Crippen LogP contribution in [0.25, 0.3) is 0 Å². The number of piperidine rings is 1. The van der Waals surface area contributed by atoms with Gasteiger partial charge in [0.2, 0.25) is 0 Å². The molecule has 3 heterocycles. The van der Waals surface area contributed by atoms with Crippen LogP contribution in [-0.4, -0.2) is 27.5 Å². The molecule has 110 valence electrons. The van der Waals surface area contributed by atoms with Crippen LogP contribution in [0.2, 0.25) is 0 Å². The minimum Gasteiger partial charge on any atom is -0.360 e. The van der Waals surface area contributed by atoms with Gasteiger partial charge in [-0.05, 0) is 32.1 Å². The molecule has 4 rings (SSSR count). The van der Waals surface area contributed by atoms with Crippen molar-refractivity contribution in [2.75, 3.05) is 6.54 Å². The van der Waals surface area contributed by atoms with Crippen molar-refractivity contribution in [3.8, 4) is 0 Å². The number of rotatable bonds is 3. The predicted molar refractivity (Wildman–Crippen MR) is 78.2 cm³/mol. The fourth-order valence-electron chi connectivity index (χ4n) is 2.93. The molecule has 5 nitrogen and oxygen atoms in total. The Morgan fingerprint density at radius 2 is 2.24 bits per heavy atom. The van der Waals surface area contributed by atoms with E-state index in [0.29, 0.717) is 11.6 Å². The van der Waals surface area contributed by atoms with E-state index < -0.39 is 0 Å². The summed E-state index contributed by atoms with van der Waals surface area (Å²) in [6.45, 7) is 0.773. The molecule has 2 aliphatic rings. The van der Waals surface area contributed by atoms with E-state index in [1.165, 1.54) is 0 Å². The highest BCUT2D eigenvalue weighted by Gasteiger charge is 2.33. The Balaban J connectivity index is 1.58. The van der Waals surface area contributed by atoms with Crippen LogP contribution in [0.5, 0.6) is 0 Å². The summed E-state index contributed by atoms with van der Waals surface area (Å²) < 4.78 is 5.32. The summed E-state index contributed by atoms with van der Waals surface area (Å²) in [6.07, 6.45) is 7.26. The minimum absolute atomic E-state index is 0.0226. The molecular weight excluding hydrogens is 286 g/mol. The van der Waals surface area contributed by atoms with E-state index in [1.807, 2.05) is 16.3 Å². The van der Waals surface area contributed by atoms with Crippen LogP contribution >= 0.6 is 11.3 Å². The van der Waals surface area contributed by atoms with Gasteiger partial charge in [-0.25, -0.2) is 4.98 Å². The average Bonchev–Trinajstić information content (AvgIpc) is 3.05. The molecule has 1 aliphatic heterocycles. The topological polar surface area (TPSA) is 59.2 Å². The molecular formula is C15H17N3O2S. The molecule has 2 aromatic heterocycles. The Labute approximate surface area is 127 Å². The Hall–Kier alpha value is -1.69. The van der Waals surface area contributed by atoms with Crippen molar-refractivity contribution in [2.45, 2.75) is 44.1 Å². The van der Waals surface area contributed by atoms with E-state index in [9.17, 15) is 4.79 Å². The van der Waals surface area contributed by atoms with Crippen molar-refractivity contribution in [3.63, 3.8) is 0 Å². The fraction of sp³-hybridized carbons (Fsp3) is 0.533. The van der Waals surface area contributed by atoms with Crippen LogP contribution in [0.3, 0.4) is 0 Å². The van der Waals surface area contributed by atoms with Crippen LogP contribution < -0.4 is 0 Å². The molecule has 0 aromatic carbocycles. The normalized spacial score (nSPS) is 22.5. The van der Waals surface area contributed by atoms with Gasteiger partial charge >= 0.3 is 0 Å². The molecule has 1 atom stereocenters. The number of likely N-dealkylation sites (tertiary alicyclic amines) is 1. The third-order valence-electron chi connectivity index (χ3n) is 4.23. The average molecular weight is 303 g/mol. The Kier molecular flexibility index (Phi) is 3.25. The van der Waals surface area contributed by atoms with Gasteiger partial charge in [0.25, 0.3) is 5.91 Å². The van der Waals surface area contributed by atoms with Gasteiger partial charge in [0.05, 0.1) is 6.04 Å². The molecule has 1 amide bonds. The zero-order chi connectivity index (χ0) is 14.2. The third kappa shape index (κ3) is 2.48. The second-order valence-corrected chi connectivity index (χ2v) is 6.70. The monoisotopic (exact) mass is 303 g/mol. The molecule has 0 radical (unpaired) electrons. The molecule has 0 unspecified atom stereocenters. The van der Waals surface area contributed by atoms with Crippen molar-refractivity contribution in [1.29, 1.82) is 0 Å². The number of hydrogen-bond acceptors (Lipinski definition) is 5. The van der Waals surface area contributed by atoms with Gasteiger partial charge < -0.3 is 9.42 Å². The Morgan fingerprint density at radius 3 is 3.00 bits per heavy atom. The van der Waals surface area contributed by atoms with E-state index in [4.69, 9.17) is 4.52 Å². The minimum atomic E-state index is -0.0226. The molecule has 0 N–H and O–H groups in total. The Bertz CT molecular complexity index is 633. The molecule has 21 heavy (non-hydrogen) atoms. The highest BCUT2D eigenvalue weighted by Crippen LogP contribution is 2.40. The molecule has 2 aromatic rings. The van der Waals surface area contributed by atoms with Crippen molar-refractivity contribution < 1.29 is 9.32 Å². The second kappa shape index (κ2) is 5.26. The highest BCUT2D eigenvalue weighted by atomic mass is 32.1. The molecule has 0 bridgehead atoms. The lowest BCUT2D eigenvalue weighted by Gasteiger charge is -2.33. The number of carbonyl (C=O) groups is 1. The van der Waals surface area contributed by atoms with E-state index in [2.05, 4.69) is 10.1 Å². The van der Waals surface area contributed by atoms with Gasteiger partial charge in [0, 0.05) is 30.1 Å². The maximum atomic E-state index is 12.7. The lowest BCUT2D eigenvalue weighted by molar-refractivity contribution is 0.0600. The molecule has 0 spiro atoms. The summed E-state index contributed by atoms with van der Waals surface area (Å²) in [4.78, 5) is 19.0. The first-order valence-corrected chi connectivity index (χ1v) is 8.38. The molecule has 1 aliphatic carbocycles. The molecule has 1 saturated heterocycles. The summed E-state index contributed by atoms with van der Waals surface area (Å²) in [5.74, 6) is 1.32. The van der Waals surface area contributed by atoms with Gasteiger partial charge in [-0.1, -0.05) is 5.16 Å². The van der Waals surface area contributed by atoms with Crippen LogP contribution in [0.1, 0.15) is 65.3 Å². The van der Waals surface area contributed by atoms with Crippen LogP contribution in [0, 0.1) is 0 Å². The maximum Gasteiger partial charge on any atom is 0.276 e. The van der Waals surface area contributed by atoms with E-state index >= 15 is 0 Å². The maximum absolute atomic E-state index is 12.7. The largest absolute Gasteiger partial charge is 0.360 e. The van der Waals surface area contributed by atoms with E-state index in [1.54, 1.807) is 17.5 Å². The summed E-state index contributed by atoms with van der Waals surface area (Å²) in [5.41, 5.74) is 0.445. The summed E-state index contributed by atoms with van der Waals surface area (Å²) in [6, 6.07) is 1.92. The van der Waals surface area contributed by atoms with Crippen molar-refractivity contribution in [1.82, 2.24) is 15.0 Å². The van der Waals surface area contributed by atoms with Gasteiger partial charge in [0.15, 0.2) is 5.69 Å². The first-order valence-electron chi connectivity index (χ1n) is 7.50. The second-order valence-electron chi connectivity index (χ2n) is 5.77. The van der Waals surface area contributed by atoms with Crippen molar-refractivity contribution in [3.05, 3.63) is 34.1 Å². The summed E-state index contributed by atoms with van der Waals surface area (Å²) in [5, 5.41) is 6.97. The van der Waals surface area contributed by atoms with Gasteiger partial charge in [-0.15, -0.1) is 11.3 Å². The highest BCUT2D eigenvalue weighted by molar-refractivity contribution is 7.09. The number of carbonyl (C=O) groups excluding carboxylic acids is 1.